The molecule has 0 radical (unpaired) electrons. The van der Waals surface area contributed by atoms with E-state index in [9.17, 15) is 18.0 Å². The number of amides is 1. The molecule has 1 aromatic carbocycles. The first-order chi connectivity index (χ1) is 11.9. The third-order valence-electron chi connectivity index (χ3n) is 4.43. The van der Waals surface area contributed by atoms with Gasteiger partial charge in [-0.1, -0.05) is 18.2 Å². The van der Waals surface area contributed by atoms with E-state index in [4.69, 9.17) is 0 Å². The molecule has 2 heterocycles. The zero-order valence-electron chi connectivity index (χ0n) is 13.6. The summed E-state index contributed by atoms with van der Waals surface area (Å²) in [7, 11) is 0. The van der Waals surface area contributed by atoms with Crippen LogP contribution in [0.5, 0.6) is 0 Å². The normalized spacial score (nSPS) is 16.0. The Morgan fingerprint density at radius 1 is 1.12 bits per heavy atom. The predicted octanol–water partition coefficient (Wildman–Crippen LogP) is 1.64. The molecular formula is C18H19F3N3O+. The minimum Gasteiger partial charge on any atom is -0.328 e. The Balaban J connectivity index is 1.61. The number of quaternary nitrogens is 1. The van der Waals surface area contributed by atoms with Crippen LogP contribution in [0.15, 0.2) is 48.8 Å². The van der Waals surface area contributed by atoms with Crippen LogP contribution in [0.2, 0.25) is 0 Å². The smallest absolute Gasteiger partial charge is 0.328 e. The van der Waals surface area contributed by atoms with Crippen molar-refractivity contribution in [2.24, 2.45) is 0 Å². The summed E-state index contributed by atoms with van der Waals surface area (Å²) in [6.45, 7) is 2.61. The fourth-order valence-electron chi connectivity index (χ4n) is 3.09. The van der Waals surface area contributed by atoms with Crippen molar-refractivity contribution in [3.63, 3.8) is 0 Å². The molecule has 132 valence electrons. The van der Waals surface area contributed by atoms with Gasteiger partial charge in [0.05, 0.1) is 37.3 Å². The number of pyridine rings is 1. The number of piperazine rings is 1. The summed E-state index contributed by atoms with van der Waals surface area (Å²) in [5, 5.41) is 0. The third-order valence-corrected chi connectivity index (χ3v) is 4.43. The quantitative estimate of drug-likeness (QED) is 0.914. The fraction of sp³-hybridized carbons (Fsp3) is 0.333. The van der Waals surface area contributed by atoms with Gasteiger partial charge in [-0.25, -0.2) is 0 Å². The Morgan fingerprint density at radius 2 is 1.84 bits per heavy atom. The van der Waals surface area contributed by atoms with E-state index in [1.54, 1.807) is 29.3 Å². The maximum atomic E-state index is 13.1. The molecule has 0 saturated carbocycles. The minimum absolute atomic E-state index is 0.0807. The maximum Gasteiger partial charge on any atom is 0.416 e. The van der Waals surface area contributed by atoms with Crippen molar-refractivity contribution in [3.8, 4) is 0 Å². The minimum atomic E-state index is -4.34. The second-order valence-electron chi connectivity index (χ2n) is 6.12. The molecule has 1 aliphatic heterocycles. The Bertz CT molecular complexity index is 726. The number of nitrogens with one attached hydrogen (secondary N) is 1. The number of aromatic nitrogens is 1. The van der Waals surface area contributed by atoms with Gasteiger partial charge in [0.1, 0.15) is 6.54 Å². The molecule has 3 rings (SSSR count). The standard InChI is InChI=1S/C18H18F3N3O/c19-18(20,21)16-6-2-1-4-15(16)13-23-8-10-24(11-9-23)17(25)14-5-3-7-22-12-14/h1-7,12H,8-11,13H2/p+1. The molecule has 0 aliphatic carbocycles. The topological polar surface area (TPSA) is 37.6 Å². The van der Waals surface area contributed by atoms with Gasteiger partial charge in [0.15, 0.2) is 0 Å². The Morgan fingerprint density at radius 3 is 2.48 bits per heavy atom. The molecule has 1 fully saturated rings. The molecule has 0 atom stereocenters. The monoisotopic (exact) mass is 350 g/mol. The highest BCUT2D eigenvalue weighted by molar-refractivity contribution is 5.93. The lowest BCUT2D eigenvalue weighted by molar-refractivity contribution is -0.917. The van der Waals surface area contributed by atoms with E-state index in [1.807, 2.05) is 0 Å². The van der Waals surface area contributed by atoms with Crippen molar-refractivity contribution in [2.45, 2.75) is 12.7 Å². The summed E-state index contributed by atoms with van der Waals surface area (Å²) in [5.74, 6) is -0.0807. The zero-order chi connectivity index (χ0) is 17.9. The summed E-state index contributed by atoms with van der Waals surface area (Å²) >= 11 is 0. The van der Waals surface area contributed by atoms with Crippen molar-refractivity contribution in [1.29, 1.82) is 0 Å². The van der Waals surface area contributed by atoms with E-state index in [-0.39, 0.29) is 5.91 Å². The molecule has 2 aromatic rings. The van der Waals surface area contributed by atoms with Gasteiger partial charge in [0.2, 0.25) is 0 Å². The highest BCUT2D eigenvalue weighted by Crippen LogP contribution is 2.31. The Kier molecular flexibility index (Phi) is 5.03. The number of rotatable bonds is 3. The summed E-state index contributed by atoms with van der Waals surface area (Å²) < 4.78 is 39.3. The number of benzene rings is 1. The van der Waals surface area contributed by atoms with E-state index in [0.717, 1.165) is 11.0 Å². The molecule has 1 aliphatic rings. The lowest BCUT2D eigenvalue weighted by Gasteiger charge is -2.32. The first kappa shape index (κ1) is 17.4. The number of carbonyl (C=O) groups excluding carboxylic acids is 1. The van der Waals surface area contributed by atoms with Crippen molar-refractivity contribution < 1.29 is 22.9 Å². The van der Waals surface area contributed by atoms with E-state index in [2.05, 4.69) is 4.98 Å². The maximum absolute atomic E-state index is 13.1. The van der Waals surface area contributed by atoms with Gasteiger partial charge in [-0.05, 0) is 18.2 Å². The molecule has 25 heavy (non-hydrogen) atoms. The highest BCUT2D eigenvalue weighted by Gasteiger charge is 2.34. The SMILES string of the molecule is O=C(c1cccnc1)N1CC[NH+](Cc2ccccc2C(F)(F)F)CC1. The summed E-state index contributed by atoms with van der Waals surface area (Å²) in [6.07, 6.45) is -1.20. The number of hydrogen-bond donors (Lipinski definition) is 1. The van der Waals surface area contributed by atoms with Gasteiger partial charge in [0.25, 0.3) is 5.91 Å². The van der Waals surface area contributed by atoms with Crippen LogP contribution in [0.25, 0.3) is 0 Å². The van der Waals surface area contributed by atoms with Crippen LogP contribution in [0.4, 0.5) is 13.2 Å². The third kappa shape index (κ3) is 4.17. The van der Waals surface area contributed by atoms with Gasteiger partial charge < -0.3 is 9.80 Å². The molecule has 7 heteroatoms. The van der Waals surface area contributed by atoms with Crippen LogP contribution in [0.1, 0.15) is 21.5 Å². The molecular weight excluding hydrogens is 331 g/mol. The number of carbonyl (C=O) groups is 1. The number of alkyl halides is 3. The first-order valence-corrected chi connectivity index (χ1v) is 8.13. The fourth-order valence-corrected chi connectivity index (χ4v) is 3.09. The lowest BCUT2D eigenvalue weighted by Crippen LogP contribution is -3.13. The van der Waals surface area contributed by atoms with Gasteiger partial charge in [-0.3, -0.25) is 9.78 Å². The average molecular weight is 350 g/mol. The van der Waals surface area contributed by atoms with Crippen LogP contribution < -0.4 is 4.90 Å². The summed E-state index contributed by atoms with van der Waals surface area (Å²) in [4.78, 5) is 19.1. The molecule has 4 nitrogen and oxygen atoms in total. The molecule has 0 unspecified atom stereocenters. The van der Waals surface area contributed by atoms with Crippen LogP contribution in [-0.2, 0) is 12.7 Å². The molecule has 1 N–H and O–H groups in total. The van der Waals surface area contributed by atoms with Crippen molar-refractivity contribution in [3.05, 3.63) is 65.5 Å². The van der Waals surface area contributed by atoms with Crippen LogP contribution in [-0.4, -0.2) is 42.0 Å². The average Bonchev–Trinajstić information content (AvgIpc) is 2.62. The molecule has 1 aromatic heterocycles. The van der Waals surface area contributed by atoms with E-state index < -0.39 is 11.7 Å². The van der Waals surface area contributed by atoms with Crippen LogP contribution in [0, 0.1) is 0 Å². The summed E-state index contributed by atoms with van der Waals surface area (Å²) in [5.41, 5.74) is 0.266. The van der Waals surface area contributed by atoms with E-state index >= 15 is 0 Å². The first-order valence-electron chi connectivity index (χ1n) is 8.13. The van der Waals surface area contributed by atoms with Crippen LogP contribution >= 0.6 is 0 Å². The van der Waals surface area contributed by atoms with Crippen molar-refractivity contribution >= 4 is 5.91 Å². The van der Waals surface area contributed by atoms with Gasteiger partial charge in [-0.15, -0.1) is 0 Å². The molecule has 0 bridgehead atoms. The summed E-state index contributed by atoms with van der Waals surface area (Å²) in [6, 6.07) is 9.12. The second kappa shape index (κ2) is 7.23. The second-order valence-corrected chi connectivity index (χ2v) is 6.12. The van der Waals surface area contributed by atoms with Gasteiger partial charge in [0, 0.05) is 18.0 Å². The molecule has 1 amide bonds. The van der Waals surface area contributed by atoms with Gasteiger partial charge in [-0.2, -0.15) is 13.2 Å². The number of nitrogens with zero attached hydrogens (tertiary/aromatic N) is 2. The number of halogens is 3. The largest absolute Gasteiger partial charge is 0.416 e. The Hall–Kier alpha value is -2.41. The van der Waals surface area contributed by atoms with Crippen molar-refractivity contribution in [2.75, 3.05) is 26.2 Å². The van der Waals surface area contributed by atoms with E-state index in [0.29, 0.717) is 43.9 Å². The lowest BCUT2D eigenvalue weighted by atomic mass is 10.1. The number of hydrogen-bond acceptors (Lipinski definition) is 2. The zero-order valence-corrected chi connectivity index (χ0v) is 13.6. The molecule has 0 spiro atoms. The Labute approximate surface area is 143 Å². The van der Waals surface area contributed by atoms with Crippen molar-refractivity contribution in [1.82, 2.24) is 9.88 Å². The van der Waals surface area contributed by atoms with Crippen LogP contribution in [0.3, 0.4) is 0 Å². The van der Waals surface area contributed by atoms with Gasteiger partial charge >= 0.3 is 6.18 Å². The van der Waals surface area contributed by atoms with E-state index in [1.165, 1.54) is 18.3 Å². The molecule has 1 saturated heterocycles. The highest BCUT2D eigenvalue weighted by atomic mass is 19.4. The predicted molar refractivity (Wildman–Crippen MR) is 86.0 cm³/mol.